The largest absolute Gasteiger partial charge is 0.496 e. The Morgan fingerprint density at radius 2 is 1.85 bits per heavy atom. The first-order valence-electron chi connectivity index (χ1n) is 3.71. The lowest BCUT2D eigenvalue weighted by atomic mass is 10.2. The van der Waals surface area contributed by atoms with Gasteiger partial charge in [-0.1, -0.05) is 18.2 Å². The average molecular weight is 256 g/mol. The third-order valence-corrected chi connectivity index (χ3v) is 3.57. The highest BCUT2D eigenvalue weighted by Crippen LogP contribution is 2.28. The maximum atomic E-state index is 5.81. The second kappa shape index (κ2) is 4.56. The van der Waals surface area contributed by atoms with Crippen LogP contribution in [0.4, 0.5) is 0 Å². The molecule has 0 fully saturated rings. The molecule has 0 heterocycles. The Hall–Kier alpha value is 0.107. The maximum absolute atomic E-state index is 5.81. The zero-order chi connectivity index (χ0) is 9.90. The number of para-hydroxylation sites is 1. The zero-order valence-electron chi connectivity index (χ0n) is 7.06. The number of rotatable bonds is 3. The topological polar surface area (TPSA) is 9.23 Å². The van der Waals surface area contributed by atoms with Crippen LogP contribution < -0.4 is 4.74 Å². The van der Waals surface area contributed by atoms with Crippen LogP contribution in [0, 0.1) is 0 Å². The van der Waals surface area contributed by atoms with Gasteiger partial charge in [0.1, 0.15) is 5.75 Å². The Labute approximate surface area is 92.7 Å². The summed E-state index contributed by atoms with van der Waals surface area (Å²) in [7, 11) is 1.61. The van der Waals surface area contributed by atoms with Crippen LogP contribution in [-0.4, -0.2) is 13.1 Å². The summed E-state index contributed by atoms with van der Waals surface area (Å²) >= 11 is 17.4. The summed E-state index contributed by atoms with van der Waals surface area (Å²) in [5, 5.41) is 0. The van der Waals surface area contributed by atoms with Crippen molar-refractivity contribution in [1.82, 2.24) is 0 Å². The van der Waals surface area contributed by atoms with E-state index in [-0.39, 0.29) is 0 Å². The third-order valence-electron chi connectivity index (χ3n) is 1.58. The normalized spacial score (nSPS) is 11.4. The van der Waals surface area contributed by atoms with Crippen LogP contribution in [0.5, 0.6) is 5.75 Å². The van der Waals surface area contributed by atoms with E-state index < -0.39 is 6.00 Å². The van der Waals surface area contributed by atoms with Crippen LogP contribution in [0.1, 0.15) is 5.56 Å². The molecule has 0 unspecified atom stereocenters. The van der Waals surface area contributed by atoms with Gasteiger partial charge in [-0.2, -0.15) is 0 Å². The molecule has 0 aromatic heterocycles. The highest BCUT2D eigenvalue weighted by molar-refractivity contribution is 7.64. The molecular formula is C8H9Cl3OSi. The molecule has 1 aromatic rings. The van der Waals surface area contributed by atoms with Crippen molar-refractivity contribution >= 4 is 39.2 Å². The van der Waals surface area contributed by atoms with Crippen molar-refractivity contribution in [3.8, 4) is 5.75 Å². The van der Waals surface area contributed by atoms with Crippen molar-refractivity contribution in [1.29, 1.82) is 0 Å². The first kappa shape index (κ1) is 11.2. The minimum atomic E-state index is -2.61. The molecule has 0 amide bonds. The van der Waals surface area contributed by atoms with Gasteiger partial charge in [-0.3, -0.25) is 0 Å². The van der Waals surface area contributed by atoms with E-state index in [1.54, 1.807) is 7.11 Å². The molecule has 72 valence electrons. The highest BCUT2D eigenvalue weighted by Gasteiger charge is 2.26. The third kappa shape index (κ3) is 3.77. The second-order valence-corrected chi connectivity index (χ2v) is 11.7. The second-order valence-electron chi connectivity index (χ2n) is 2.60. The van der Waals surface area contributed by atoms with Crippen molar-refractivity contribution in [2.24, 2.45) is 0 Å². The molecule has 1 rings (SSSR count). The predicted octanol–water partition coefficient (Wildman–Crippen LogP) is 3.43. The Morgan fingerprint density at radius 1 is 1.23 bits per heavy atom. The molecule has 13 heavy (non-hydrogen) atoms. The summed E-state index contributed by atoms with van der Waals surface area (Å²) in [5.41, 5.74) is 0.955. The molecule has 0 radical (unpaired) electrons. The number of hydrogen-bond acceptors (Lipinski definition) is 1. The van der Waals surface area contributed by atoms with Crippen LogP contribution in [0.25, 0.3) is 0 Å². The van der Waals surface area contributed by atoms with Gasteiger partial charge in [-0.05, 0) is 11.6 Å². The minimum Gasteiger partial charge on any atom is -0.496 e. The lowest BCUT2D eigenvalue weighted by molar-refractivity contribution is 0.411. The van der Waals surface area contributed by atoms with Gasteiger partial charge >= 0.3 is 6.00 Å². The Morgan fingerprint density at radius 3 is 2.38 bits per heavy atom. The average Bonchev–Trinajstić information content (AvgIpc) is 2.02. The molecule has 0 atom stereocenters. The summed E-state index contributed by atoms with van der Waals surface area (Å²) in [4.78, 5) is 0. The Balaban J connectivity index is 2.87. The monoisotopic (exact) mass is 254 g/mol. The molecule has 0 saturated carbocycles. The number of halogens is 3. The number of methoxy groups -OCH3 is 1. The van der Waals surface area contributed by atoms with Gasteiger partial charge in [0.05, 0.1) is 7.11 Å². The van der Waals surface area contributed by atoms with Gasteiger partial charge in [0.25, 0.3) is 0 Å². The van der Waals surface area contributed by atoms with Crippen LogP contribution in [-0.2, 0) is 6.04 Å². The van der Waals surface area contributed by atoms with Gasteiger partial charge in [0, 0.05) is 6.04 Å². The fourth-order valence-electron chi connectivity index (χ4n) is 1.06. The van der Waals surface area contributed by atoms with Crippen molar-refractivity contribution in [3.63, 3.8) is 0 Å². The Kier molecular flexibility index (Phi) is 3.92. The standard InChI is InChI=1S/C8H9Cl3OSi/c1-12-8-5-3-2-4-7(8)6-13(9,10)11/h2-5H,6H2,1H3. The van der Waals surface area contributed by atoms with Gasteiger partial charge in [0.15, 0.2) is 0 Å². The lowest BCUT2D eigenvalue weighted by Gasteiger charge is -2.11. The summed E-state index contributed by atoms with van der Waals surface area (Å²) in [5.74, 6) is 0.779. The molecule has 5 heteroatoms. The predicted molar refractivity (Wildman–Crippen MR) is 60.0 cm³/mol. The molecular weight excluding hydrogens is 247 g/mol. The van der Waals surface area contributed by atoms with Crippen molar-refractivity contribution < 1.29 is 4.74 Å². The summed E-state index contributed by atoms with van der Waals surface area (Å²) in [6.45, 7) is 0. The molecule has 1 aromatic carbocycles. The van der Waals surface area contributed by atoms with Crippen LogP contribution >= 0.6 is 33.2 Å². The van der Waals surface area contributed by atoms with Crippen molar-refractivity contribution in [3.05, 3.63) is 29.8 Å². The molecule has 0 aliphatic rings. The van der Waals surface area contributed by atoms with E-state index in [4.69, 9.17) is 38.0 Å². The first-order valence-corrected chi connectivity index (χ1v) is 8.96. The number of hydrogen-bond donors (Lipinski definition) is 0. The van der Waals surface area contributed by atoms with E-state index in [0.29, 0.717) is 6.04 Å². The number of ether oxygens (including phenoxy) is 1. The van der Waals surface area contributed by atoms with Crippen molar-refractivity contribution in [2.75, 3.05) is 7.11 Å². The lowest BCUT2D eigenvalue weighted by Crippen LogP contribution is -2.14. The van der Waals surface area contributed by atoms with Gasteiger partial charge in [0.2, 0.25) is 0 Å². The van der Waals surface area contributed by atoms with Gasteiger partial charge < -0.3 is 4.74 Å². The summed E-state index contributed by atoms with van der Waals surface area (Å²) in [6.07, 6.45) is 0. The van der Waals surface area contributed by atoms with E-state index >= 15 is 0 Å². The summed E-state index contributed by atoms with van der Waals surface area (Å²) in [6, 6.07) is 5.45. The van der Waals surface area contributed by atoms with E-state index in [1.807, 2.05) is 24.3 Å². The molecule has 0 aliphatic heterocycles. The molecule has 1 nitrogen and oxygen atoms in total. The maximum Gasteiger partial charge on any atom is 0.345 e. The smallest absolute Gasteiger partial charge is 0.345 e. The highest BCUT2D eigenvalue weighted by atomic mass is 35.8. The van der Waals surface area contributed by atoms with Crippen LogP contribution in [0.15, 0.2) is 24.3 Å². The molecule has 0 spiro atoms. The van der Waals surface area contributed by atoms with E-state index in [2.05, 4.69) is 0 Å². The zero-order valence-corrected chi connectivity index (χ0v) is 10.3. The Bertz CT molecular complexity index is 285. The van der Waals surface area contributed by atoms with E-state index in [1.165, 1.54) is 0 Å². The number of benzene rings is 1. The molecule has 0 aliphatic carbocycles. The minimum absolute atomic E-state index is 0.488. The van der Waals surface area contributed by atoms with E-state index in [0.717, 1.165) is 11.3 Å². The molecule has 0 bridgehead atoms. The summed E-state index contributed by atoms with van der Waals surface area (Å²) < 4.78 is 5.14. The van der Waals surface area contributed by atoms with Crippen LogP contribution in [0.3, 0.4) is 0 Å². The SMILES string of the molecule is COc1ccccc1C[Si](Cl)(Cl)Cl. The first-order chi connectivity index (χ1) is 6.03. The van der Waals surface area contributed by atoms with Gasteiger partial charge in [-0.15, -0.1) is 33.2 Å². The molecule has 0 saturated heterocycles. The molecule has 0 N–H and O–H groups in total. The van der Waals surface area contributed by atoms with E-state index in [9.17, 15) is 0 Å². The van der Waals surface area contributed by atoms with Crippen molar-refractivity contribution in [2.45, 2.75) is 6.04 Å². The van der Waals surface area contributed by atoms with Crippen LogP contribution in [0.2, 0.25) is 0 Å². The van der Waals surface area contributed by atoms with Gasteiger partial charge in [-0.25, -0.2) is 0 Å². The fraction of sp³-hybridized carbons (Fsp3) is 0.250. The fourth-order valence-corrected chi connectivity index (χ4v) is 3.08. The quantitative estimate of drug-likeness (QED) is 0.594.